The van der Waals surface area contributed by atoms with Crippen LogP contribution in [0.5, 0.6) is 11.5 Å². The minimum atomic E-state index is -4.77. The van der Waals surface area contributed by atoms with Gasteiger partial charge in [-0.2, -0.15) is 13.2 Å². The van der Waals surface area contributed by atoms with Gasteiger partial charge in [0, 0.05) is 20.6 Å². The van der Waals surface area contributed by atoms with Gasteiger partial charge in [0.15, 0.2) is 0 Å². The lowest BCUT2D eigenvalue weighted by Gasteiger charge is -2.13. The fourth-order valence-corrected chi connectivity index (χ4v) is 4.79. The van der Waals surface area contributed by atoms with Crippen molar-refractivity contribution in [2.24, 2.45) is 0 Å². The molecular weight excluding hydrogens is 645 g/mol. The van der Waals surface area contributed by atoms with E-state index >= 15 is 0 Å². The number of ether oxygens (including phenoxy) is 1. The molecule has 190 valence electrons. The van der Waals surface area contributed by atoms with E-state index in [1.54, 1.807) is 36.4 Å². The van der Waals surface area contributed by atoms with Crippen molar-refractivity contribution in [3.8, 4) is 11.5 Å². The summed E-state index contributed by atoms with van der Waals surface area (Å²) in [5, 5.41) is 11.0. The van der Waals surface area contributed by atoms with Crippen LogP contribution in [0.25, 0.3) is 6.08 Å². The topological polar surface area (TPSA) is 89.7 Å². The fourth-order valence-electron chi connectivity index (χ4n) is 3.32. The molecule has 0 atom stereocenters. The summed E-state index contributed by atoms with van der Waals surface area (Å²) >= 11 is 7.34. The van der Waals surface area contributed by atoms with Gasteiger partial charge in [0.05, 0.1) is 21.9 Å². The second-order valence-electron chi connectivity index (χ2n) is 7.62. The second kappa shape index (κ2) is 10.7. The van der Waals surface area contributed by atoms with E-state index in [1.807, 2.05) is 0 Å². The lowest BCUT2D eigenvalue weighted by Crippen LogP contribution is -2.27. The number of hydrogen-bond acceptors (Lipinski definition) is 6. The number of nitro benzene ring substituents is 1. The monoisotopic (exact) mass is 656 g/mol. The highest BCUT2D eigenvalue weighted by molar-refractivity contribution is 9.10. The first kappa shape index (κ1) is 26.9. The number of rotatable bonds is 6. The molecule has 3 aromatic rings. The van der Waals surface area contributed by atoms with Gasteiger partial charge >= 0.3 is 11.9 Å². The zero-order valence-electron chi connectivity index (χ0n) is 18.3. The van der Waals surface area contributed by atoms with E-state index in [-0.39, 0.29) is 22.8 Å². The predicted octanol–water partition coefficient (Wildman–Crippen LogP) is 8.17. The van der Waals surface area contributed by atoms with Crippen LogP contribution in [0.2, 0.25) is 0 Å². The van der Waals surface area contributed by atoms with E-state index in [9.17, 15) is 32.9 Å². The third kappa shape index (κ3) is 6.22. The van der Waals surface area contributed by atoms with Crippen LogP contribution in [-0.2, 0) is 17.5 Å². The van der Waals surface area contributed by atoms with Gasteiger partial charge in [-0.05, 0) is 65.9 Å². The third-order valence-corrected chi connectivity index (χ3v) is 7.02. The largest absolute Gasteiger partial charge is 0.449 e. The van der Waals surface area contributed by atoms with Crippen molar-refractivity contribution in [1.82, 2.24) is 4.90 Å². The van der Waals surface area contributed by atoms with Crippen molar-refractivity contribution < 1.29 is 32.4 Å². The Kier molecular flexibility index (Phi) is 7.76. The molecule has 0 unspecified atom stereocenters. The zero-order chi connectivity index (χ0) is 26.9. The van der Waals surface area contributed by atoms with Gasteiger partial charge < -0.3 is 4.74 Å². The molecule has 7 nitrogen and oxygen atoms in total. The molecule has 0 N–H and O–H groups in total. The van der Waals surface area contributed by atoms with E-state index < -0.39 is 39.2 Å². The SMILES string of the molecule is O=C1S/C(=C/c2cc(Br)ccc2Oc2ccc(C(F)(F)F)cc2[N+](=O)[O-])C(=O)N1Cc1ccc(Br)cc1. The number of carbonyl (C=O) groups excluding carboxylic acids is 2. The highest BCUT2D eigenvalue weighted by atomic mass is 79.9. The molecule has 1 aliphatic heterocycles. The Labute approximate surface area is 228 Å². The van der Waals surface area contributed by atoms with Crippen LogP contribution >= 0.6 is 43.6 Å². The van der Waals surface area contributed by atoms with Crippen molar-refractivity contribution in [1.29, 1.82) is 0 Å². The third-order valence-electron chi connectivity index (χ3n) is 5.09. The number of imide groups is 1. The molecule has 1 fully saturated rings. The fraction of sp³-hybridized carbons (Fsp3) is 0.0833. The molecule has 0 bridgehead atoms. The van der Waals surface area contributed by atoms with Crippen LogP contribution in [0.3, 0.4) is 0 Å². The number of hydrogen-bond donors (Lipinski definition) is 0. The number of carbonyl (C=O) groups is 2. The Bertz CT molecular complexity index is 1450. The summed E-state index contributed by atoms with van der Waals surface area (Å²) in [6, 6.07) is 13.6. The van der Waals surface area contributed by atoms with E-state index in [0.717, 1.165) is 32.8 Å². The minimum Gasteiger partial charge on any atom is -0.449 e. The maximum atomic E-state index is 13.0. The smallest absolute Gasteiger partial charge is 0.416 e. The van der Waals surface area contributed by atoms with Gasteiger partial charge in [0.2, 0.25) is 5.75 Å². The molecule has 0 aliphatic carbocycles. The highest BCUT2D eigenvalue weighted by Gasteiger charge is 2.36. The first-order valence-electron chi connectivity index (χ1n) is 10.3. The van der Waals surface area contributed by atoms with E-state index in [4.69, 9.17) is 4.74 Å². The van der Waals surface area contributed by atoms with E-state index in [1.165, 1.54) is 12.1 Å². The Hall–Kier alpha value is -3.16. The summed E-state index contributed by atoms with van der Waals surface area (Å²) in [6.45, 7) is 0.0644. The van der Waals surface area contributed by atoms with Crippen LogP contribution in [0.1, 0.15) is 16.7 Å². The molecule has 1 heterocycles. The molecule has 4 rings (SSSR count). The zero-order valence-corrected chi connectivity index (χ0v) is 22.3. The number of nitrogens with zero attached hydrogens (tertiary/aromatic N) is 2. The molecule has 0 saturated carbocycles. The van der Waals surface area contributed by atoms with Gasteiger partial charge in [-0.15, -0.1) is 0 Å². The molecule has 1 saturated heterocycles. The normalized spacial score (nSPS) is 14.9. The quantitative estimate of drug-likeness (QED) is 0.151. The number of thioether (sulfide) groups is 1. The number of amides is 2. The minimum absolute atomic E-state index is 0.0331. The Balaban J connectivity index is 1.65. The summed E-state index contributed by atoms with van der Waals surface area (Å²) in [4.78, 5) is 37.2. The number of benzene rings is 3. The van der Waals surface area contributed by atoms with Crippen LogP contribution in [-0.4, -0.2) is 21.0 Å². The maximum Gasteiger partial charge on any atom is 0.416 e. The average molecular weight is 658 g/mol. The van der Waals surface area contributed by atoms with Crippen molar-refractivity contribution >= 4 is 66.5 Å². The van der Waals surface area contributed by atoms with E-state index in [0.29, 0.717) is 16.6 Å². The predicted molar refractivity (Wildman–Crippen MR) is 138 cm³/mol. The highest BCUT2D eigenvalue weighted by Crippen LogP contribution is 2.40. The number of halogens is 5. The number of nitro groups is 1. The molecule has 0 radical (unpaired) electrons. The van der Waals surface area contributed by atoms with Crippen LogP contribution in [0, 0.1) is 10.1 Å². The standard InChI is InChI=1S/C24H13Br2F3N2O5S/c25-16-4-1-13(2-5-16)12-30-22(32)21(37-23(30)33)10-14-9-17(26)6-8-19(14)36-20-7-3-15(24(27,28)29)11-18(20)31(34)35/h1-11H,12H2/b21-10+. The molecule has 1 aliphatic rings. The molecule has 0 aromatic heterocycles. The van der Waals surface area contributed by atoms with Gasteiger partial charge in [0.25, 0.3) is 11.1 Å². The van der Waals surface area contributed by atoms with Crippen molar-refractivity contribution in [3.05, 3.63) is 101 Å². The first-order chi connectivity index (χ1) is 17.4. The van der Waals surface area contributed by atoms with Crippen molar-refractivity contribution in [2.45, 2.75) is 12.7 Å². The van der Waals surface area contributed by atoms with E-state index in [2.05, 4.69) is 31.9 Å². The molecule has 3 aromatic carbocycles. The lowest BCUT2D eigenvalue weighted by atomic mass is 10.1. The summed E-state index contributed by atoms with van der Waals surface area (Å²) in [7, 11) is 0. The lowest BCUT2D eigenvalue weighted by molar-refractivity contribution is -0.385. The molecule has 0 spiro atoms. The summed E-state index contributed by atoms with van der Waals surface area (Å²) in [5.74, 6) is -0.923. The molecular formula is C24H13Br2F3N2O5S. The average Bonchev–Trinajstić information content (AvgIpc) is 3.08. The molecule has 13 heteroatoms. The Morgan fingerprint density at radius 1 is 0.973 bits per heavy atom. The van der Waals surface area contributed by atoms with Crippen LogP contribution < -0.4 is 4.74 Å². The van der Waals surface area contributed by atoms with Gasteiger partial charge in [-0.1, -0.05) is 44.0 Å². The summed E-state index contributed by atoms with van der Waals surface area (Å²) < 4.78 is 46.2. The van der Waals surface area contributed by atoms with Gasteiger partial charge in [-0.25, -0.2) is 0 Å². The summed E-state index contributed by atoms with van der Waals surface area (Å²) in [5.41, 5.74) is -1.05. The van der Waals surface area contributed by atoms with Crippen LogP contribution in [0.15, 0.2) is 74.5 Å². The second-order valence-corrected chi connectivity index (χ2v) is 10.4. The van der Waals surface area contributed by atoms with Gasteiger partial charge in [-0.3, -0.25) is 24.6 Å². The Morgan fingerprint density at radius 3 is 2.27 bits per heavy atom. The van der Waals surface area contributed by atoms with Crippen molar-refractivity contribution in [3.63, 3.8) is 0 Å². The number of alkyl halides is 3. The van der Waals surface area contributed by atoms with Gasteiger partial charge in [0.1, 0.15) is 5.75 Å². The first-order valence-corrected chi connectivity index (χ1v) is 12.7. The molecule has 37 heavy (non-hydrogen) atoms. The van der Waals surface area contributed by atoms with Crippen LogP contribution in [0.4, 0.5) is 23.7 Å². The van der Waals surface area contributed by atoms with Crippen molar-refractivity contribution in [2.75, 3.05) is 0 Å². The molecule has 2 amide bonds. The Morgan fingerprint density at radius 2 is 1.62 bits per heavy atom. The summed E-state index contributed by atoms with van der Waals surface area (Å²) in [6.07, 6.45) is -3.38. The maximum absolute atomic E-state index is 13.0.